The van der Waals surface area contributed by atoms with Gasteiger partial charge in [-0.25, -0.2) is 0 Å². The van der Waals surface area contributed by atoms with Gasteiger partial charge in [0, 0.05) is 26.6 Å². The Labute approximate surface area is 176 Å². The standard InChI is InChI=1S/C19H20BrCl2NO4/c1-3-26-17-6-13(9-23-11(2)19(24)25)15(20)8-18(17)27-10-12-4-5-14(21)7-16(12)22/h4-8,11,23H,3,9-10H2,1-2H3,(H,24,25). The highest BCUT2D eigenvalue weighted by Crippen LogP contribution is 2.35. The second kappa shape index (κ2) is 10.2. The molecule has 0 heterocycles. The van der Waals surface area contributed by atoms with Crippen LogP contribution in [0.1, 0.15) is 25.0 Å². The van der Waals surface area contributed by atoms with Gasteiger partial charge in [0.1, 0.15) is 12.6 Å². The lowest BCUT2D eigenvalue weighted by Gasteiger charge is -2.16. The maximum absolute atomic E-state index is 11.0. The van der Waals surface area contributed by atoms with Crippen molar-refractivity contribution in [1.82, 2.24) is 5.32 Å². The van der Waals surface area contributed by atoms with Gasteiger partial charge in [-0.15, -0.1) is 0 Å². The molecule has 2 aromatic rings. The van der Waals surface area contributed by atoms with Crippen molar-refractivity contribution in [2.45, 2.75) is 33.0 Å². The minimum absolute atomic E-state index is 0.260. The zero-order valence-corrected chi connectivity index (χ0v) is 18.0. The molecule has 0 aliphatic heterocycles. The number of hydrogen-bond donors (Lipinski definition) is 2. The number of nitrogens with one attached hydrogen (secondary N) is 1. The molecule has 27 heavy (non-hydrogen) atoms. The number of aliphatic carboxylic acids is 1. The number of hydrogen-bond acceptors (Lipinski definition) is 4. The van der Waals surface area contributed by atoms with Crippen LogP contribution < -0.4 is 14.8 Å². The third-order valence-corrected chi connectivity index (χ3v) is 5.11. The topological polar surface area (TPSA) is 67.8 Å². The lowest BCUT2D eigenvalue weighted by molar-refractivity contribution is -0.139. The molecule has 0 saturated carbocycles. The molecular weight excluding hydrogens is 457 g/mol. The molecule has 2 rings (SSSR count). The van der Waals surface area contributed by atoms with Crippen molar-refractivity contribution in [3.05, 3.63) is 56.0 Å². The van der Waals surface area contributed by atoms with E-state index in [4.69, 9.17) is 37.8 Å². The number of halogens is 3. The smallest absolute Gasteiger partial charge is 0.320 e. The summed E-state index contributed by atoms with van der Waals surface area (Å²) in [7, 11) is 0. The number of benzene rings is 2. The largest absolute Gasteiger partial charge is 0.490 e. The Kier molecular flexibility index (Phi) is 8.23. The maximum Gasteiger partial charge on any atom is 0.320 e. The predicted molar refractivity (Wildman–Crippen MR) is 110 cm³/mol. The van der Waals surface area contributed by atoms with Gasteiger partial charge in [0.25, 0.3) is 0 Å². The Balaban J connectivity index is 2.17. The number of ether oxygens (including phenoxy) is 2. The van der Waals surface area contributed by atoms with Gasteiger partial charge in [0.15, 0.2) is 11.5 Å². The molecule has 146 valence electrons. The minimum atomic E-state index is -0.907. The van der Waals surface area contributed by atoms with Crippen LogP contribution in [0.5, 0.6) is 11.5 Å². The highest BCUT2D eigenvalue weighted by Gasteiger charge is 2.15. The Morgan fingerprint density at radius 3 is 2.52 bits per heavy atom. The second-order valence-electron chi connectivity index (χ2n) is 5.79. The van der Waals surface area contributed by atoms with Crippen molar-refractivity contribution < 1.29 is 19.4 Å². The Morgan fingerprint density at radius 2 is 1.89 bits per heavy atom. The van der Waals surface area contributed by atoms with Gasteiger partial charge in [0.2, 0.25) is 0 Å². The molecule has 5 nitrogen and oxygen atoms in total. The van der Waals surface area contributed by atoms with Crippen LogP contribution in [-0.4, -0.2) is 23.7 Å². The van der Waals surface area contributed by atoms with Crippen molar-refractivity contribution in [3.63, 3.8) is 0 Å². The first kappa shape index (κ1) is 21.8. The fourth-order valence-electron chi connectivity index (χ4n) is 2.24. The van der Waals surface area contributed by atoms with Gasteiger partial charge in [-0.2, -0.15) is 0 Å². The molecule has 0 radical (unpaired) electrons. The summed E-state index contributed by atoms with van der Waals surface area (Å²) in [5.41, 5.74) is 1.67. The van der Waals surface area contributed by atoms with E-state index in [0.29, 0.717) is 34.7 Å². The average molecular weight is 477 g/mol. The first-order valence-electron chi connectivity index (χ1n) is 8.30. The van der Waals surface area contributed by atoms with Crippen molar-refractivity contribution in [2.24, 2.45) is 0 Å². The van der Waals surface area contributed by atoms with E-state index in [1.165, 1.54) is 0 Å². The van der Waals surface area contributed by atoms with Crippen LogP contribution in [0.15, 0.2) is 34.8 Å². The van der Waals surface area contributed by atoms with Crippen molar-refractivity contribution in [1.29, 1.82) is 0 Å². The molecule has 0 aromatic heterocycles. The number of rotatable bonds is 9. The number of carboxylic acids is 1. The molecule has 0 spiro atoms. The molecule has 0 bridgehead atoms. The third-order valence-electron chi connectivity index (χ3n) is 3.78. The van der Waals surface area contributed by atoms with Crippen LogP contribution in [0.2, 0.25) is 10.0 Å². The summed E-state index contributed by atoms with van der Waals surface area (Å²) >= 11 is 15.6. The molecule has 1 unspecified atom stereocenters. The van der Waals surface area contributed by atoms with Gasteiger partial charge in [-0.1, -0.05) is 45.2 Å². The molecule has 0 saturated heterocycles. The van der Waals surface area contributed by atoms with Crippen molar-refractivity contribution >= 4 is 45.1 Å². The molecule has 0 fully saturated rings. The first-order chi connectivity index (χ1) is 12.8. The quantitative estimate of drug-likeness (QED) is 0.514. The van der Waals surface area contributed by atoms with Crippen molar-refractivity contribution in [2.75, 3.05) is 6.61 Å². The van der Waals surface area contributed by atoms with Gasteiger partial charge < -0.3 is 19.9 Å². The van der Waals surface area contributed by atoms with E-state index in [9.17, 15) is 4.79 Å². The van der Waals surface area contributed by atoms with E-state index in [1.54, 1.807) is 25.1 Å². The first-order valence-corrected chi connectivity index (χ1v) is 9.84. The molecule has 2 aromatic carbocycles. The molecule has 2 N–H and O–H groups in total. The van der Waals surface area contributed by atoms with Crippen LogP contribution in [-0.2, 0) is 17.9 Å². The van der Waals surface area contributed by atoms with E-state index in [2.05, 4.69) is 21.2 Å². The lowest BCUT2D eigenvalue weighted by Crippen LogP contribution is -2.33. The van der Waals surface area contributed by atoms with Crippen LogP contribution in [0.25, 0.3) is 0 Å². The molecule has 8 heteroatoms. The SMILES string of the molecule is CCOc1cc(CNC(C)C(=O)O)c(Br)cc1OCc1ccc(Cl)cc1Cl. The van der Waals surface area contributed by atoms with Crippen LogP contribution in [0, 0.1) is 0 Å². The van der Waals surface area contributed by atoms with Crippen LogP contribution >= 0.6 is 39.1 Å². The fraction of sp³-hybridized carbons (Fsp3) is 0.316. The summed E-state index contributed by atoms with van der Waals surface area (Å²) in [4.78, 5) is 11.0. The summed E-state index contributed by atoms with van der Waals surface area (Å²) in [6.07, 6.45) is 0. The van der Waals surface area contributed by atoms with Gasteiger partial charge in [-0.3, -0.25) is 4.79 Å². The molecular formula is C19H20BrCl2NO4. The molecule has 0 aliphatic rings. The number of carbonyl (C=O) groups is 1. The van der Waals surface area contributed by atoms with Crippen LogP contribution in [0.3, 0.4) is 0 Å². The van der Waals surface area contributed by atoms with Crippen molar-refractivity contribution in [3.8, 4) is 11.5 Å². The summed E-state index contributed by atoms with van der Waals surface area (Å²) in [6.45, 7) is 4.57. The van der Waals surface area contributed by atoms with Crippen LogP contribution in [0.4, 0.5) is 0 Å². The summed E-state index contributed by atoms with van der Waals surface area (Å²) in [6, 6.07) is 8.20. The normalized spacial score (nSPS) is 11.9. The number of carboxylic acid groups (broad SMARTS) is 1. The highest BCUT2D eigenvalue weighted by molar-refractivity contribution is 9.10. The summed E-state index contributed by atoms with van der Waals surface area (Å²) in [5, 5.41) is 13.0. The van der Waals surface area contributed by atoms with Gasteiger partial charge >= 0.3 is 5.97 Å². The average Bonchev–Trinajstić information content (AvgIpc) is 2.61. The third kappa shape index (κ3) is 6.28. The lowest BCUT2D eigenvalue weighted by atomic mass is 10.2. The fourth-order valence-corrected chi connectivity index (χ4v) is 3.16. The summed E-state index contributed by atoms with van der Waals surface area (Å²) < 4.78 is 12.4. The zero-order valence-electron chi connectivity index (χ0n) is 14.9. The van der Waals surface area contributed by atoms with E-state index < -0.39 is 12.0 Å². The Hall–Kier alpha value is -1.47. The van der Waals surface area contributed by atoms with Gasteiger partial charge in [-0.05, 0) is 43.7 Å². The minimum Gasteiger partial charge on any atom is -0.490 e. The van der Waals surface area contributed by atoms with E-state index in [0.717, 1.165) is 15.6 Å². The predicted octanol–water partition coefficient (Wildman–Crippen LogP) is 5.30. The highest BCUT2D eigenvalue weighted by atomic mass is 79.9. The van der Waals surface area contributed by atoms with E-state index in [1.807, 2.05) is 19.1 Å². The zero-order chi connectivity index (χ0) is 20.0. The maximum atomic E-state index is 11.0. The van der Waals surface area contributed by atoms with Gasteiger partial charge in [0.05, 0.1) is 6.61 Å². The summed E-state index contributed by atoms with van der Waals surface area (Å²) in [5.74, 6) is 0.228. The molecule has 0 amide bonds. The Bertz CT molecular complexity index is 817. The van der Waals surface area contributed by atoms with E-state index >= 15 is 0 Å². The Morgan fingerprint density at radius 1 is 1.19 bits per heavy atom. The monoisotopic (exact) mass is 475 g/mol. The van der Waals surface area contributed by atoms with E-state index in [-0.39, 0.29) is 6.61 Å². The second-order valence-corrected chi connectivity index (χ2v) is 7.49. The molecule has 0 aliphatic carbocycles. The molecule has 1 atom stereocenters.